The first-order valence-corrected chi connectivity index (χ1v) is 6.16. The summed E-state index contributed by atoms with van der Waals surface area (Å²) < 4.78 is 2.04. The van der Waals surface area contributed by atoms with Crippen LogP contribution in [-0.2, 0) is 5.54 Å². The third-order valence-electron chi connectivity index (χ3n) is 3.72. The van der Waals surface area contributed by atoms with Crippen molar-refractivity contribution in [3.8, 4) is 5.69 Å². The molecule has 3 rings (SSSR count). The highest BCUT2D eigenvalue weighted by molar-refractivity contribution is 5.45. The van der Waals surface area contributed by atoms with Crippen LogP contribution in [0.25, 0.3) is 5.69 Å². The second-order valence-electron chi connectivity index (χ2n) is 4.85. The second-order valence-corrected chi connectivity index (χ2v) is 4.85. The van der Waals surface area contributed by atoms with Gasteiger partial charge in [0.15, 0.2) is 0 Å². The van der Waals surface area contributed by atoms with Gasteiger partial charge in [-0.15, -0.1) is 0 Å². The highest BCUT2D eigenvalue weighted by atomic mass is 15.0. The molecule has 0 bridgehead atoms. The molecule has 1 heterocycles. The SMILES string of the molecule is NC1(c2ccccc2-n2ccnc2)CCCC1. The summed E-state index contributed by atoms with van der Waals surface area (Å²) >= 11 is 0. The minimum Gasteiger partial charge on any atom is -0.321 e. The smallest absolute Gasteiger partial charge is 0.0991 e. The van der Waals surface area contributed by atoms with Gasteiger partial charge in [-0.2, -0.15) is 0 Å². The zero-order chi connectivity index (χ0) is 11.7. The zero-order valence-corrected chi connectivity index (χ0v) is 9.84. The Labute approximate surface area is 101 Å². The maximum Gasteiger partial charge on any atom is 0.0991 e. The van der Waals surface area contributed by atoms with Crippen LogP contribution in [0.1, 0.15) is 31.2 Å². The van der Waals surface area contributed by atoms with Crippen LogP contribution >= 0.6 is 0 Å². The normalized spacial score (nSPS) is 18.4. The summed E-state index contributed by atoms with van der Waals surface area (Å²) in [7, 11) is 0. The Balaban J connectivity index is 2.11. The van der Waals surface area contributed by atoms with Crippen LogP contribution in [0.2, 0.25) is 0 Å². The first-order chi connectivity index (χ1) is 8.30. The van der Waals surface area contributed by atoms with E-state index in [9.17, 15) is 0 Å². The summed E-state index contributed by atoms with van der Waals surface area (Å²) in [6.45, 7) is 0. The minimum atomic E-state index is -0.152. The van der Waals surface area contributed by atoms with E-state index >= 15 is 0 Å². The predicted octanol–water partition coefficient (Wildman–Crippen LogP) is 2.60. The van der Waals surface area contributed by atoms with E-state index in [4.69, 9.17) is 5.73 Å². The Hall–Kier alpha value is -1.61. The van der Waals surface area contributed by atoms with Crippen molar-refractivity contribution in [3.05, 3.63) is 48.5 Å². The molecule has 1 aliphatic rings. The number of rotatable bonds is 2. The summed E-state index contributed by atoms with van der Waals surface area (Å²) in [5.41, 5.74) is 8.81. The van der Waals surface area contributed by atoms with Crippen LogP contribution in [-0.4, -0.2) is 9.55 Å². The molecule has 1 aromatic heterocycles. The number of hydrogen-bond acceptors (Lipinski definition) is 2. The van der Waals surface area contributed by atoms with Gasteiger partial charge < -0.3 is 10.3 Å². The van der Waals surface area contributed by atoms with Crippen LogP contribution in [0.4, 0.5) is 0 Å². The number of nitrogens with zero attached hydrogens (tertiary/aromatic N) is 2. The van der Waals surface area contributed by atoms with Crippen LogP contribution in [0.5, 0.6) is 0 Å². The molecule has 0 spiro atoms. The van der Waals surface area contributed by atoms with Crippen LogP contribution < -0.4 is 5.73 Å². The number of para-hydroxylation sites is 1. The highest BCUT2D eigenvalue weighted by Gasteiger charge is 2.33. The van der Waals surface area contributed by atoms with Gasteiger partial charge in [-0.3, -0.25) is 0 Å². The maximum atomic E-state index is 6.55. The van der Waals surface area contributed by atoms with Crippen molar-refractivity contribution in [2.45, 2.75) is 31.2 Å². The topological polar surface area (TPSA) is 43.8 Å². The summed E-state index contributed by atoms with van der Waals surface area (Å²) in [6.07, 6.45) is 10.2. The lowest BCUT2D eigenvalue weighted by Gasteiger charge is -2.27. The number of nitrogens with two attached hydrogens (primary N) is 1. The van der Waals surface area contributed by atoms with E-state index in [0.717, 1.165) is 18.5 Å². The summed E-state index contributed by atoms with van der Waals surface area (Å²) in [4.78, 5) is 4.11. The lowest BCUT2D eigenvalue weighted by Crippen LogP contribution is -2.34. The first-order valence-electron chi connectivity index (χ1n) is 6.16. The molecular weight excluding hydrogens is 210 g/mol. The molecule has 2 aromatic rings. The minimum absolute atomic E-state index is 0.152. The van der Waals surface area contributed by atoms with Crippen molar-refractivity contribution in [2.24, 2.45) is 5.73 Å². The average Bonchev–Trinajstić information content (AvgIpc) is 3.00. The van der Waals surface area contributed by atoms with Gasteiger partial charge in [-0.25, -0.2) is 4.98 Å². The molecule has 1 aliphatic carbocycles. The molecular formula is C14H17N3. The molecule has 1 aromatic carbocycles. The van der Waals surface area contributed by atoms with E-state index in [0.29, 0.717) is 0 Å². The zero-order valence-electron chi connectivity index (χ0n) is 9.84. The molecule has 17 heavy (non-hydrogen) atoms. The molecule has 0 atom stereocenters. The Kier molecular flexibility index (Phi) is 2.48. The van der Waals surface area contributed by atoms with Crippen LogP contribution in [0, 0.1) is 0 Å². The fourth-order valence-corrected chi connectivity index (χ4v) is 2.80. The van der Waals surface area contributed by atoms with Crippen molar-refractivity contribution in [3.63, 3.8) is 0 Å². The molecule has 2 N–H and O–H groups in total. The quantitative estimate of drug-likeness (QED) is 0.857. The summed E-state index contributed by atoms with van der Waals surface area (Å²) in [6, 6.07) is 8.39. The van der Waals surface area contributed by atoms with E-state index < -0.39 is 0 Å². The molecule has 0 amide bonds. The lowest BCUT2D eigenvalue weighted by atomic mass is 9.88. The molecule has 0 aliphatic heterocycles. The Bertz CT molecular complexity index is 496. The molecule has 1 fully saturated rings. The highest BCUT2D eigenvalue weighted by Crippen LogP contribution is 2.38. The largest absolute Gasteiger partial charge is 0.321 e. The number of imidazole rings is 1. The molecule has 1 saturated carbocycles. The summed E-state index contributed by atoms with van der Waals surface area (Å²) in [5, 5.41) is 0. The fourth-order valence-electron chi connectivity index (χ4n) is 2.80. The van der Waals surface area contributed by atoms with E-state index in [1.54, 1.807) is 6.20 Å². The Morgan fingerprint density at radius 1 is 1.18 bits per heavy atom. The molecule has 88 valence electrons. The maximum absolute atomic E-state index is 6.55. The van der Waals surface area contributed by atoms with Crippen LogP contribution in [0.15, 0.2) is 43.0 Å². The van der Waals surface area contributed by atoms with Gasteiger partial charge >= 0.3 is 0 Å². The molecule has 0 radical (unpaired) electrons. The molecule has 3 nitrogen and oxygen atoms in total. The Morgan fingerprint density at radius 3 is 2.65 bits per heavy atom. The van der Waals surface area contributed by atoms with E-state index in [1.165, 1.54) is 18.4 Å². The number of aromatic nitrogens is 2. The first kappa shape index (κ1) is 10.5. The molecule has 0 unspecified atom stereocenters. The van der Waals surface area contributed by atoms with Gasteiger partial charge in [0, 0.05) is 17.9 Å². The van der Waals surface area contributed by atoms with Gasteiger partial charge in [0.2, 0.25) is 0 Å². The number of benzene rings is 1. The standard InChI is InChI=1S/C14H17N3/c15-14(7-3-4-8-14)12-5-1-2-6-13(12)17-10-9-16-11-17/h1-2,5-6,9-11H,3-4,7-8,15H2. The predicted molar refractivity (Wildman–Crippen MR) is 67.9 cm³/mol. The van der Waals surface area contributed by atoms with E-state index in [2.05, 4.69) is 29.2 Å². The average molecular weight is 227 g/mol. The van der Waals surface area contributed by atoms with Crippen LogP contribution in [0.3, 0.4) is 0 Å². The van der Waals surface area contributed by atoms with Gasteiger partial charge in [0.1, 0.15) is 0 Å². The third-order valence-corrected chi connectivity index (χ3v) is 3.72. The number of hydrogen-bond donors (Lipinski definition) is 1. The van der Waals surface area contributed by atoms with Crippen molar-refractivity contribution in [2.75, 3.05) is 0 Å². The fraction of sp³-hybridized carbons (Fsp3) is 0.357. The van der Waals surface area contributed by atoms with Gasteiger partial charge in [-0.05, 0) is 24.5 Å². The van der Waals surface area contributed by atoms with Crippen molar-refractivity contribution in [1.82, 2.24) is 9.55 Å². The van der Waals surface area contributed by atoms with Crippen molar-refractivity contribution in [1.29, 1.82) is 0 Å². The van der Waals surface area contributed by atoms with Gasteiger partial charge in [-0.1, -0.05) is 31.0 Å². The Morgan fingerprint density at radius 2 is 1.94 bits per heavy atom. The van der Waals surface area contributed by atoms with E-state index in [-0.39, 0.29) is 5.54 Å². The van der Waals surface area contributed by atoms with E-state index in [1.807, 2.05) is 17.1 Å². The lowest BCUT2D eigenvalue weighted by molar-refractivity contribution is 0.460. The molecule has 3 heteroatoms. The van der Waals surface area contributed by atoms with Crippen molar-refractivity contribution < 1.29 is 0 Å². The van der Waals surface area contributed by atoms with Gasteiger partial charge in [0.05, 0.1) is 12.0 Å². The van der Waals surface area contributed by atoms with Gasteiger partial charge in [0.25, 0.3) is 0 Å². The third kappa shape index (κ3) is 1.76. The second kappa shape index (κ2) is 4.00. The monoisotopic (exact) mass is 227 g/mol. The molecule has 0 saturated heterocycles. The summed E-state index contributed by atoms with van der Waals surface area (Å²) in [5.74, 6) is 0. The van der Waals surface area contributed by atoms with Crippen molar-refractivity contribution >= 4 is 0 Å².